The van der Waals surface area contributed by atoms with Gasteiger partial charge in [0.05, 0.1) is 13.5 Å². The molecule has 0 saturated heterocycles. The predicted octanol–water partition coefficient (Wildman–Crippen LogP) is 1.74. The molecule has 2 amide bonds. The number of hydrogen-bond donors (Lipinski definition) is 2. The number of amides is 2. The van der Waals surface area contributed by atoms with E-state index in [4.69, 9.17) is 11.6 Å². The molecule has 1 aromatic rings. The molecule has 1 aromatic carbocycles. The molecule has 0 aliphatic heterocycles. The molecule has 0 bridgehead atoms. The third-order valence-electron chi connectivity index (χ3n) is 2.43. The van der Waals surface area contributed by atoms with E-state index >= 15 is 0 Å². The fraction of sp³-hybridized carbons (Fsp3) is 0.385. The maximum absolute atomic E-state index is 11.4. The molecule has 104 valence electrons. The van der Waals surface area contributed by atoms with Crippen molar-refractivity contribution in [3.63, 3.8) is 0 Å². The Morgan fingerprint density at radius 2 is 2.00 bits per heavy atom. The summed E-state index contributed by atoms with van der Waals surface area (Å²) in [6, 6.07) is 7.18. The van der Waals surface area contributed by atoms with Crippen LogP contribution in [0.5, 0.6) is 0 Å². The minimum Gasteiger partial charge on any atom is -0.469 e. The minimum atomic E-state index is -0.348. The highest BCUT2D eigenvalue weighted by molar-refractivity contribution is 6.30. The Hall–Kier alpha value is -1.75. The van der Waals surface area contributed by atoms with Gasteiger partial charge in [-0.05, 0) is 24.1 Å². The highest BCUT2D eigenvalue weighted by atomic mass is 35.5. The second-order valence-electron chi connectivity index (χ2n) is 3.89. The molecule has 0 radical (unpaired) electrons. The highest BCUT2D eigenvalue weighted by Crippen LogP contribution is 2.10. The second-order valence-corrected chi connectivity index (χ2v) is 4.33. The molecule has 0 saturated carbocycles. The Morgan fingerprint density at radius 3 is 2.68 bits per heavy atom. The van der Waals surface area contributed by atoms with E-state index in [0.717, 1.165) is 5.56 Å². The van der Waals surface area contributed by atoms with Crippen LogP contribution < -0.4 is 10.6 Å². The average Bonchev–Trinajstić information content (AvgIpc) is 2.38. The summed E-state index contributed by atoms with van der Waals surface area (Å²) >= 11 is 5.85. The molecular weight excluding hydrogens is 268 g/mol. The molecule has 0 aliphatic rings. The van der Waals surface area contributed by atoms with Crippen molar-refractivity contribution >= 4 is 23.6 Å². The zero-order valence-electron chi connectivity index (χ0n) is 10.7. The first-order valence-electron chi connectivity index (χ1n) is 5.95. The quantitative estimate of drug-likeness (QED) is 0.782. The van der Waals surface area contributed by atoms with Crippen molar-refractivity contribution in [2.24, 2.45) is 0 Å². The van der Waals surface area contributed by atoms with Gasteiger partial charge in [0.2, 0.25) is 0 Å². The average molecular weight is 285 g/mol. The molecule has 0 fully saturated rings. The summed E-state index contributed by atoms with van der Waals surface area (Å²) in [5.41, 5.74) is 1.06. The van der Waals surface area contributed by atoms with Gasteiger partial charge in [0.1, 0.15) is 0 Å². The van der Waals surface area contributed by atoms with Crippen LogP contribution in [0.25, 0.3) is 0 Å². The van der Waals surface area contributed by atoms with Crippen LogP contribution in [0.15, 0.2) is 24.3 Å². The monoisotopic (exact) mass is 284 g/mol. The molecule has 0 aromatic heterocycles. The molecule has 19 heavy (non-hydrogen) atoms. The molecule has 0 atom stereocenters. The summed E-state index contributed by atoms with van der Waals surface area (Å²) in [5, 5.41) is 5.95. The van der Waals surface area contributed by atoms with E-state index in [2.05, 4.69) is 15.4 Å². The van der Waals surface area contributed by atoms with Crippen molar-refractivity contribution in [3.05, 3.63) is 34.9 Å². The summed E-state index contributed by atoms with van der Waals surface area (Å²) in [6.45, 7) is 0.764. The van der Waals surface area contributed by atoms with Gasteiger partial charge in [-0.3, -0.25) is 4.79 Å². The van der Waals surface area contributed by atoms with Gasteiger partial charge in [-0.2, -0.15) is 0 Å². The van der Waals surface area contributed by atoms with Crippen molar-refractivity contribution in [3.8, 4) is 0 Å². The van der Waals surface area contributed by atoms with E-state index in [-0.39, 0.29) is 25.0 Å². The Bertz CT molecular complexity index is 438. The number of benzene rings is 1. The highest BCUT2D eigenvalue weighted by Gasteiger charge is 2.03. The standard InChI is InChI=1S/C13H17ClN2O3/c1-19-12(17)6-8-16-13(18)15-7-5-10-3-2-4-11(14)9-10/h2-4,9H,5-8H2,1H3,(H2,15,16,18). The predicted molar refractivity (Wildman–Crippen MR) is 73.2 cm³/mol. The summed E-state index contributed by atoms with van der Waals surface area (Å²) in [4.78, 5) is 22.2. The van der Waals surface area contributed by atoms with Gasteiger partial charge in [0, 0.05) is 18.1 Å². The van der Waals surface area contributed by atoms with E-state index < -0.39 is 0 Å². The lowest BCUT2D eigenvalue weighted by molar-refractivity contribution is -0.140. The normalized spacial score (nSPS) is 9.79. The Labute approximate surface area is 117 Å². The summed E-state index contributed by atoms with van der Waals surface area (Å²) in [7, 11) is 1.31. The van der Waals surface area contributed by atoms with E-state index in [9.17, 15) is 9.59 Å². The first kappa shape index (κ1) is 15.3. The van der Waals surface area contributed by atoms with E-state index in [1.165, 1.54) is 7.11 Å². The van der Waals surface area contributed by atoms with Gasteiger partial charge < -0.3 is 15.4 Å². The maximum atomic E-state index is 11.4. The lowest BCUT2D eigenvalue weighted by Gasteiger charge is -2.07. The molecule has 5 nitrogen and oxygen atoms in total. The van der Waals surface area contributed by atoms with Gasteiger partial charge in [-0.1, -0.05) is 23.7 Å². The molecule has 6 heteroatoms. The van der Waals surface area contributed by atoms with Crippen LogP contribution in [-0.2, 0) is 16.0 Å². The molecule has 1 rings (SSSR count). The number of nitrogens with one attached hydrogen (secondary N) is 2. The third-order valence-corrected chi connectivity index (χ3v) is 2.67. The minimum absolute atomic E-state index is 0.165. The largest absolute Gasteiger partial charge is 0.469 e. The van der Waals surface area contributed by atoms with Gasteiger partial charge in [0.15, 0.2) is 0 Å². The first-order valence-corrected chi connectivity index (χ1v) is 6.32. The Morgan fingerprint density at radius 1 is 1.26 bits per heavy atom. The van der Waals surface area contributed by atoms with Crippen LogP contribution in [0.3, 0.4) is 0 Å². The topological polar surface area (TPSA) is 67.4 Å². The van der Waals surface area contributed by atoms with Crippen LogP contribution in [-0.4, -0.2) is 32.2 Å². The fourth-order valence-corrected chi connectivity index (χ4v) is 1.67. The smallest absolute Gasteiger partial charge is 0.314 e. The maximum Gasteiger partial charge on any atom is 0.314 e. The van der Waals surface area contributed by atoms with Crippen molar-refractivity contribution in [1.29, 1.82) is 0 Å². The van der Waals surface area contributed by atoms with Crippen molar-refractivity contribution in [1.82, 2.24) is 10.6 Å². The van der Waals surface area contributed by atoms with Gasteiger partial charge >= 0.3 is 12.0 Å². The lowest BCUT2D eigenvalue weighted by Crippen LogP contribution is -2.37. The van der Waals surface area contributed by atoms with E-state index in [0.29, 0.717) is 18.0 Å². The number of methoxy groups -OCH3 is 1. The number of carbonyl (C=O) groups excluding carboxylic acids is 2. The number of urea groups is 1. The van der Waals surface area contributed by atoms with Crippen molar-refractivity contribution in [2.75, 3.05) is 20.2 Å². The Kier molecular flexibility index (Phi) is 6.74. The summed E-state index contributed by atoms with van der Waals surface area (Å²) < 4.78 is 4.46. The zero-order chi connectivity index (χ0) is 14.1. The number of ether oxygens (including phenoxy) is 1. The van der Waals surface area contributed by atoms with Crippen LogP contribution in [0.1, 0.15) is 12.0 Å². The SMILES string of the molecule is COC(=O)CCNC(=O)NCCc1cccc(Cl)c1. The lowest BCUT2D eigenvalue weighted by atomic mass is 10.1. The zero-order valence-corrected chi connectivity index (χ0v) is 11.5. The van der Waals surface area contributed by atoms with Gasteiger partial charge in [0.25, 0.3) is 0 Å². The van der Waals surface area contributed by atoms with Gasteiger partial charge in [-0.25, -0.2) is 4.79 Å². The number of carbonyl (C=O) groups is 2. The number of esters is 1. The second kappa shape index (κ2) is 8.37. The molecule has 0 aliphatic carbocycles. The van der Waals surface area contributed by atoms with Crippen LogP contribution in [0.2, 0.25) is 5.02 Å². The fourth-order valence-electron chi connectivity index (χ4n) is 1.46. The van der Waals surface area contributed by atoms with E-state index in [1.54, 1.807) is 6.07 Å². The molecule has 0 heterocycles. The molecule has 0 unspecified atom stereocenters. The van der Waals surface area contributed by atoms with Crippen LogP contribution in [0, 0.1) is 0 Å². The van der Waals surface area contributed by atoms with Crippen LogP contribution >= 0.6 is 11.6 Å². The number of rotatable bonds is 6. The van der Waals surface area contributed by atoms with E-state index in [1.807, 2.05) is 18.2 Å². The first-order chi connectivity index (χ1) is 9.11. The van der Waals surface area contributed by atoms with Gasteiger partial charge in [-0.15, -0.1) is 0 Å². The number of hydrogen-bond acceptors (Lipinski definition) is 3. The van der Waals surface area contributed by atoms with Crippen LogP contribution in [0.4, 0.5) is 4.79 Å². The molecule has 0 spiro atoms. The Balaban J connectivity index is 2.15. The summed E-state index contributed by atoms with van der Waals surface area (Å²) in [6.07, 6.45) is 0.864. The van der Waals surface area contributed by atoms with Crippen molar-refractivity contribution < 1.29 is 14.3 Å². The van der Waals surface area contributed by atoms with Crippen molar-refractivity contribution in [2.45, 2.75) is 12.8 Å². The number of halogens is 1. The molecular formula is C13H17ClN2O3. The molecule has 2 N–H and O–H groups in total. The summed E-state index contributed by atoms with van der Waals surface area (Å²) in [5.74, 6) is -0.348. The third kappa shape index (κ3) is 6.67.